The number of azide groups is 1. The summed E-state index contributed by atoms with van der Waals surface area (Å²) in [4.78, 5) is 2.88. The Morgan fingerprint density at radius 3 is 2.78 bits per heavy atom. The van der Waals surface area contributed by atoms with Gasteiger partial charge in [-0.2, -0.15) is 0 Å². The van der Waals surface area contributed by atoms with E-state index in [-0.39, 0.29) is 17.5 Å². The maximum absolute atomic E-state index is 9.86. The number of aromatic hydroxyl groups is 1. The standard InChI is InChI=1S/C13H17N3O2/c1-13(2)8-7-11(18-13)12(15-16-14)9-5-3-4-6-10(9)17/h3-6,11-12,17H,7-8H2,1-2H3/t11-,12-/m1/s1. The molecular formula is C13H17N3O2. The van der Waals surface area contributed by atoms with E-state index < -0.39 is 6.04 Å². The third kappa shape index (κ3) is 2.58. The molecule has 1 aromatic rings. The van der Waals surface area contributed by atoms with Crippen LogP contribution in [-0.4, -0.2) is 16.8 Å². The summed E-state index contributed by atoms with van der Waals surface area (Å²) in [6.07, 6.45) is 1.57. The summed E-state index contributed by atoms with van der Waals surface area (Å²) < 4.78 is 5.90. The van der Waals surface area contributed by atoms with Gasteiger partial charge in [-0.15, -0.1) is 0 Å². The van der Waals surface area contributed by atoms with Crippen LogP contribution in [0.2, 0.25) is 0 Å². The second-order valence-electron chi connectivity index (χ2n) is 5.16. The lowest BCUT2D eigenvalue weighted by Gasteiger charge is -2.23. The summed E-state index contributed by atoms with van der Waals surface area (Å²) in [5, 5.41) is 13.7. The molecule has 1 aliphatic rings. The number of ether oxygens (including phenoxy) is 1. The molecule has 1 N–H and O–H groups in total. The van der Waals surface area contributed by atoms with E-state index in [1.54, 1.807) is 18.2 Å². The number of para-hydroxylation sites is 1. The van der Waals surface area contributed by atoms with Crippen LogP contribution in [0.3, 0.4) is 0 Å². The molecule has 0 bridgehead atoms. The minimum atomic E-state index is -0.474. The fourth-order valence-electron chi connectivity index (χ4n) is 2.37. The van der Waals surface area contributed by atoms with Crippen LogP contribution in [0.25, 0.3) is 10.4 Å². The van der Waals surface area contributed by atoms with Gasteiger partial charge in [0.1, 0.15) is 5.75 Å². The number of hydrogen-bond acceptors (Lipinski definition) is 3. The van der Waals surface area contributed by atoms with Crippen molar-refractivity contribution >= 4 is 0 Å². The summed E-state index contributed by atoms with van der Waals surface area (Å²) in [5.41, 5.74) is 9.13. The van der Waals surface area contributed by atoms with Crippen molar-refractivity contribution in [1.82, 2.24) is 0 Å². The number of hydrogen-bond donors (Lipinski definition) is 1. The summed E-state index contributed by atoms with van der Waals surface area (Å²) in [7, 11) is 0. The van der Waals surface area contributed by atoms with Crippen LogP contribution in [0.1, 0.15) is 38.3 Å². The molecule has 1 aromatic carbocycles. The van der Waals surface area contributed by atoms with Gasteiger partial charge in [0, 0.05) is 10.5 Å². The van der Waals surface area contributed by atoms with E-state index in [1.165, 1.54) is 0 Å². The first-order chi connectivity index (χ1) is 8.53. The molecular weight excluding hydrogens is 230 g/mol. The molecule has 1 aliphatic heterocycles. The minimum absolute atomic E-state index is 0.142. The highest BCUT2D eigenvalue weighted by Crippen LogP contribution is 2.40. The van der Waals surface area contributed by atoms with E-state index in [2.05, 4.69) is 10.0 Å². The van der Waals surface area contributed by atoms with Crippen LogP contribution in [0.5, 0.6) is 5.75 Å². The Hall–Kier alpha value is -1.71. The summed E-state index contributed by atoms with van der Waals surface area (Å²) in [6, 6.07) is 6.44. The monoisotopic (exact) mass is 247 g/mol. The molecule has 0 amide bonds. The van der Waals surface area contributed by atoms with Gasteiger partial charge < -0.3 is 9.84 Å². The third-order valence-corrected chi connectivity index (χ3v) is 3.28. The van der Waals surface area contributed by atoms with E-state index in [0.29, 0.717) is 5.56 Å². The topological polar surface area (TPSA) is 78.2 Å². The van der Waals surface area contributed by atoms with Gasteiger partial charge in [0.15, 0.2) is 0 Å². The molecule has 0 aromatic heterocycles. The van der Waals surface area contributed by atoms with Crippen LogP contribution >= 0.6 is 0 Å². The highest BCUT2D eigenvalue weighted by molar-refractivity contribution is 5.35. The van der Waals surface area contributed by atoms with Crippen molar-refractivity contribution < 1.29 is 9.84 Å². The average Bonchev–Trinajstić information content (AvgIpc) is 2.68. The Bertz CT molecular complexity index is 481. The lowest BCUT2D eigenvalue weighted by Crippen LogP contribution is -2.23. The Morgan fingerprint density at radius 1 is 1.50 bits per heavy atom. The molecule has 2 atom stereocenters. The van der Waals surface area contributed by atoms with Crippen LogP contribution < -0.4 is 0 Å². The van der Waals surface area contributed by atoms with Crippen molar-refractivity contribution in [1.29, 1.82) is 0 Å². The summed E-state index contributed by atoms with van der Waals surface area (Å²) in [5.74, 6) is 0.142. The molecule has 0 unspecified atom stereocenters. The second kappa shape index (κ2) is 4.88. The van der Waals surface area contributed by atoms with Crippen molar-refractivity contribution in [3.05, 3.63) is 40.3 Å². The maximum atomic E-state index is 9.86. The molecule has 0 spiro atoms. The number of nitrogens with zero attached hydrogens (tertiary/aromatic N) is 3. The first kappa shape index (κ1) is 12.7. The Kier molecular flexibility index (Phi) is 3.45. The van der Waals surface area contributed by atoms with Crippen LogP contribution in [-0.2, 0) is 4.74 Å². The van der Waals surface area contributed by atoms with E-state index in [9.17, 15) is 5.11 Å². The van der Waals surface area contributed by atoms with Crippen molar-refractivity contribution in [2.45, 2.75) is 44.4 Å². The summed E-state index contributed by atoms with van der Waals surface area (Å²) >= 11 is 0. The van der Waals surface area contributed by atoms with Gasteiger partial charge in [-0.1, -0.05) is 23.3 Å². The highest BCUT2D eigenvalue weighted by Gasteiger charge is 2.37. The molecule has 0 radical (unpaired) electrons. The fourth-order valence-corrected chi connectivity index (χ4v) is 2.37. The minimum Gasteiger partial charge on any atom is -0.508 e. The van der Waals surface area contributed by atoms with Gasteiger partial charge in [0.2, 0.25) is 0 Å². The normalized spacial score (nSPS) is 23.3. The molecule has 1 fully saturated rings. The number of phenols is 1. The van der Waals surface area contributed by atoms with Gasteiger partial charge in [-0.25, -0.2) is 0 Å². The molecule has 0 aliphatic carbocycles. The third-order valence-electron chi connectivity index (χ3n) is 3.28. The van der Waals surface area contributed by atoms with Crippen molar-refractivity contribution in [3.8, 4) is 5.75 Å². The Morgan fingerprint density at radius 2 is 2.22 bits per heavy atom. The number of benzene rings is 1. The van der Waals surface area contributed by atoms with Gasteiger partial charge in [0.05, 0.1) is 17.7 Å². The molecule has 5 heteroatoms. The Balaban J connectivity index is 2.30. The maximum Gasteiger partial charge on any atom is 0.119 e. The van der Waals surface area contributed by atoms with E-state index in [0.717, 1.165) is 12.8 Å². The van der Waals surface area contributed by atoms with Crippen LogP contribution in [0.4, 0.5) is 0 Å². The first-order valence-corrected chi connectivity index (χ1v) is 6.03. The number of rotatable bonds is 3. The van der Waals surface area contributed by atoms with Gasteiger partial charge >= 0.3 is 0 Å². The zero-order chi connectivity index (χ0) is 13.2. The molecule has 2 rings (SSSR count). The largest absolute Gasteiger partial charge is 0.508 e. The molecule has 1 heterocycles. The number of phenolic OH excluding ortho intramolecular Hbond substituents is 1. The van der Waals surface area contributed by atoms with Crippen molar-refractivity contribution in [3.63, 3.8) is 0 Å². The first-order valence-electron chi connectivity index (χ1n) is 6.03. The zero-order valence-corrected chi connectivity index (χ0v) is 10.6. The Labute approximate surface area is 106 Å². The highest BCUT2D eigenvalue weighted by atomic mass is 16.5. The molecule has 1 saturated heterocycles. The SMILES string of the molecule is CC1(C)CC[C@H]([C@H](N=[N+]=[N-])c2ccccc2O)O1. The average molecular weight is 247 g/mol. The quantitative estimate of drug-likeness (QED) is 0.502. The van der Waals surface area contributed by atoms with E-state index >= 15 is 0 Å². The van der Waals surface area contributed by atoms with Crippen LogP contribution in [0, 0.1) is 0 Å². The smallest absolute Gasteiger partial charge is 0.119 e. The lowest BCUT2D eigenvalue weighted by molar-refractivity contribution is -0.0260. The predicted molar refractivity (Wildman–Crippen MR) is 68.2 cm³/mol. The molecule has 5 nitrogen and oxygen atoms in total. The van der Waals surface area contributed by atoms with E-state index in [4.69, 9.17) is 10.3 Å². The predicted octanol–water partition coefficient (Wildman–Crippen LogP) is 3.70. The lowest BCUT2D eigenvalue weighted by atomic mass is 9.98. The van der Waals surface area contributed by atoms with Gasteiger partial charge in [0.25, 0.3) is 0 Å². The molecule has 18 heavy (non-hydrogen) atoms. The van der Waals surface area contributed by atoms with E-state index in [1.807, 2.05) is 19.9 Å². The van der Waals surface area contributed by atoms with Gasteiger partial charge in [-0.05, 0) is 38.3 Å². The van der Waals surface area contributed by atoms with Gasteiger partial charge in [-0.3, -0.25) is 0 Å². The van der Waals surface area contributed by atoms with Crippen LogP contribution in [0.15, 0.2) is 29.4 Å². The summed E-state index contributed by atoms with van der Waals surface area (Å²) in [6.45, 7) is 4.04. The second-order valence-corrected chi connectivity index (χ2v) is 5.16. The molecule has 0 saturated carbocycles. The van der Waals surface area contributed by atoms with Crippen molar-refractivity contribution in [2.24, 2.45) is 5.11 Å². The zero-order valence-electron chi connectivity index (χ0n) is 10.6. The van der Waals surface area contributed by atoms with Crippen molar-refractivity contribution in [2.75, 3.05) is 0 Å². The fraction of sp³-hybridized carbons (Fsp3) is 0.538. The molecule has 96 valence electrons.